The Labute approximate surface area is 162 Å². The molecule has 3 rings (SSSR count). The number of para-hydroxylation sites is 2. The van der Waals surface area contributed by atoms with Crippen molar-refractivity contribution in [3.05, 3.63) is 54.1 Å². The number of rotatable bonds is 5. The highest BCUT2D eigenvalue weighted by Gasteiger charge is 2.34. The van der Waals surface area contributed by atoms with Gasteiger partial charge in [0.05, 0.1) is 12.8 Å². The Morgan fingerprint density at radius 1 is 1.14 bits per heavy atom. The fourth-order valence-electron chi connectivity index (χ4n) is 3.16. The number of piperidine rings is 1. The van der Waals surface area contributed by atoms with Crippen LogP contribution in [-0.4, -0.2) is 38.8 Å². The largest absolute Gasteiger partial charge is 0.495 e. The van der Waals surface area contributed by atoms with Crippen molar-refractivity contribution in [2.75, 3.05) is 25.5 Å². The number of nitrogens with one attached hydrogen (secondary N) is 1. The molecule has 28 heavy (non-hydrogen) atoms. The molecule has 0 aromatic heterocycles. The maximum atomic E-state index is 13.9. The second-order valence-electron chi connectivity index (χ2n) is 6.44. The second-order valence-corrected chi connectivity index (χ2v) is 8.35. The third-order valence-corrected chi connectivity index (χ3v) is 6.61. The highest BCUT2D eigenvalue weighted by Crippen LogP contribution is 2.28. The molecule has 1 fully saturated rings. The SMILES string of the molecule is COc1ccccc1NC(=O)C1CCN(S(=O)(=O)c2cc(F)ccc2F)CC1. The van der Waals surface area contributed by atoms with E-state index in [0.717, 1.165) is 16.4 Å². The summed E-state index contributed by atoms with van der Waals surface area (Å²) >= 11 is 0. The van der Waals surface area contributed by atoms with Crippen LogP contribution in [0.2, 0.25) is 0 Å². The van der Waals surface area contributed by atoms with Gasteiger partial charge in [-0.2, -0.15) is 4.31 Å². The van der Waals surface area contributed by atoms with E-state index in [9.17, 15) is 22.0 Å². The highest BCUT2D eigenvalue weighted by atomic mass is 32.2. The number of hydrogen-bond donors (Lipinski definition) is 1. The molecule has 0 saturated carbocycles. The normalized spacial score (nSPS) is 16.0. The molecule has 0 unspecified atom stereocenters. The Balaban J connectivity index is 1.67. The van der Waals surface area contributed by atoms with Gasteiger partial charge in [0.2, 0.25) is 15.9 Å². The maximum absolute atomic E-state index is 13.9. The highest BCUT2D eigenvalue weighted by molar-refractivity contribution is 7.89. The summed E-state index contributed by atoms with van der Waals surface area (Å²) in [6.45, 7) is 0.0879. The molecule has 0 radical (unpaired) electrons. The van der Waals surface area contributed by atoms with Gasteiger partial charge < -0.3 is 10.1 Å². The molecule has 1 heterocycles. The predicted molar refractivity (Wildman–Crippen MR) is 99.5 cm³/mol. The Hall–Kier alpha value is -2.52. The first-order valence-electron chi connectivity index (χ1n) is 8.72. The van der Waals surface area contributed by atoms with E-state index in [4.69, 9.17) is 4.74 Å². The standard InChI is InChI=1S/C19H20F2N2O4S/c1-27-17-5-3-2-4-16(17)22-19(24)13-8-10-23(11-9-13)28(25,26)18-12-14(20)6-7-15(18)21/h2-7,12-13H,8-11H2,1H3,(H,22,24). The van der Waals surface area contributed by atoms with Gasteiger partial charge in [0.1, 0.15) is 22.3 Å². The van der Waals surface area contributed by atoms with Crippen LogP contribution >= 0.6 is 0 Å². The smallest absolute Gasteiger partial charge is 0.246 e. The van der Waals surface area contributed by atoms with E-state index in [-0.39, 0.29) is 31.8 Å². The van der Waals surface area contributed by atoms with Crippen molar-refractivity contribution in [1.82, 2.24) is 4.31 Å². The number of amides is 1. The molecular weight excluding hydrogens is 390 g/mol. The van der Waals surface area contributed by atoms with Gasteiger partial charge in [-0.15, -0.1) is 0 Å². The van der Waals surface area contributed by atoms with Gasteiger partial charge in [0.15, 0.2) is 0 Å². The Bertz CT molecular complexity index is 974. The summed E-state index contributed by atoms with van der Waals surface area (Å²) in [4.78, 5) is 11.8. The number of benzene rings is 2. The van der Waals surface area contributed by atoms with Crippen LogP contribution in [0.15, 0.2) is 47.4 Å². The molecule has 6 nitrogen and oxygen atoms in total. The Morgan fingerprint density at radius 3 is 2.50 bits per heavy atom. The van der Waals surface area contributed by atoms with Crippen molar-refractivity contribution >= 4 is 21.6 Å². The lowest BCUT2D eigenvalue weighted by Crippen LogP contribution is -2.41. The van der Waals surface area contributed by atoms with Crippen LogP contribution < -0.4 is 10.1 Å². The number of hydrogen-bond acceptors (Lipinski definition) is 4. The third-order valence-electron chi connectivity index (χ3n) is 4.70. The van der Waals surface area contributed by atoms with Crippen molar-refractivity contribution in [3.63, 3.8) is 0 Å². The molecule has 1 saturated heterocycles. The monoisotopic (exact) mass is 410 g/mol. The van der Waals surface area contributed by atoms with Gasteiger partial charge in [-0.1, -0.05) is 12.1 Å². The summed E-state index contributed by atoms with van der Waals surface area (Å²) in [5.74, 6) is -1.94. The molecule has 2 aromatic carbocycles. The van der Waals surface area contributed by atoms with Crippen molar-refractivity contribution in [2.45, 2.75) is 17.7 Å². The fraction of sp³-hybridized carbons (Fsp3) is 0.316. The first kappa shape index (κ1) is 20.2. The van der Waals surface area contributed by atoms with Gasteiger partial charge in [-0.05, 0) is 43.2 Å². The fourth-order valence-corrected chi connectivity index (χ4v) is 4.70. The van der Waals surface area contributed by atoms with Crippen LogP contribution in [0.3, 0.4) is 0 Å². The number of ether oxygens (including phenoxy) is 1. The van der Waals surface area contributed by atoms with Gasteiger partial charge in [0, 0.05) is 19.0 Å². The van der Waals surface area contributed by atoms with Crippen molar-refractivity contribution in [1.29, 1.82) is 0 Å². The van der Waals surface area contributed by atoms with Crippen LogP contribution in [0.1, 0.15) is 12.8 Å². The molecule has 0 aliphatic carbocycles. The number of sulfonamides is 1. The van der Waals surface area contributed by atoms with Crippen molar-refractivity contribution in [3.8, 4) is 5.75 Å². The summed E-state index contributed by atoms with van der Waals surface area (Å²) in [5.41, 5.74) is 0.534. The van der Waals surface area contributed by atoms with Crippen LogP contribution in [-0.2, 0) is 14.8 Å². The van der Waals surface area contributed by atoms with E-state index in [1.807, 2.05) is 0 Å². The van der Waals surface area contributed by atoms with E-state index in [1.165, 1.54) is 7.11 Å². The molecule has 150 valence electrons. The van der Waals surface area contributed by atoms with Gasteiger partial charge in [-0.25, -0.2) is 17.2 Å². The minimum absolute atomic E-state index is 0.0439. The second kappa shape index (κ2) is 8.24. The molecule has 1 aliphatic heterocycles. The van der Waals surface area contributed by atoms with E-state index in [2.05, 4.69) is 5.32 Å². The van der Waals surface area contributed by atoms with E-state index < -0.39 is 32.5 Å². The number of nitrogens with zero attached hydrogens (tertiary/aromatic N) is 1. The summed E-state index contributed by atoms with van der Waals surface area (Å²) in [7, 11) is -2.67. The molecule has 2 aromatic rings. The number of methoxy groups -OCH3 is 1. The van der Waals surface area contributed by atoms with Crippen molar-refractivity contribution in [2.24, 2.45) is 5.92 Å². The summed E-state index contributed by atoms with van der Waals surface area (Å²) in [6.07, 6.45) is 0.550. The van der Waals surface area contributed by atoms with Crippen molar-refractivity contribution < 1.29 is 26.7 Å². The molecule has 0 spiro atoms. The number of anilines is 1. The topological polar surface area (TPSA) is 75.7 Å². The van der Waals surface area contributed by atoms with E-state index >= 15 is 0 Å². The minimum atomic E-state index is -4.17. The lowest BCUT2D eigenvalue weighted by atomic mass is 9.97. The van der Waals surface area contributed by atoms with Crippen LogP contribution in [0.5, 0.6) is 5.75 Å². The Kier molecular flexibility index (Phi) is 5.95. The Morgan fingerprint density at radius 2 is 1.82 bits per heavy atom. The predicted octanol–water partition coefficient (Wildman–Crippen LogP) is 3.01. The summed E-state index contributed by atoms with van der Waals surface area (Å²) < 4.78 is 58.8. The zero-order valence-corrected chi connectivity index (χ0v) is 16.0. The zero-order chi connectivity index (χ0) is 20.3. The maximum Gasteiger partial charge on any atom is 0.246 e. The lowest BCUT2D eigenvalue weighted by Gasteiger charge is -2.30. The van der Waals surface area contributed by atoms with Gasteiger partial charge >= 0.3 is 0 Å². The summed E-state index contributed by atoms with van der Waals surface area (Å²) in [6, 6.07) is 9.30. The van der Waals surface area contributed by atoms with E-state index in [0.29, 0.717) is 17.5 Å². The van der Waals surface area contributed by atoms with Crippen LogP contribution in [0, 0.1) is 17.6 Å². The number of halogens is 2. The van der Waals surface area contributed by atoms with Gasteiger partial charge in [-0.3, -0.25) is 4.79 Å². The lowest BCUT2D eigenvalue weighted by molar-refractivity contribution is -0.120. The number of carbonyl (C=O) groups is 1. The average Bonchev–Trinajstić information content (AvgIpc) is 2.70. The number of carbonyl (C=O) groups excluding carboxylic acids is 1. The molecule has 0 bridgehead atoms. The summed E-state index contributed by atoms with van der Waals surface area (Å²) in [5, 5.41) is 2.79. The van der Waals surface area contributed by atoms with E-state index in [1.54, 1.807) is 24.3 Å². The minimum Gasteiger partial charge on any atom is -0.495 e. The molecule has 9 heteroatoms. The molecule has 1 N–H and O–H groups in total. The molecule has 1 aliphatic rings. The van der Waals surface area contributed by atoms with Crippen LogP contribution in [0.4, 0.5) is 14.5 Å². The zero-order valence-electron chi connectivity index (χ0n) is 15.2. The first-order valence-corrected chi connectivity index (χ1v) is 10.2. The third kappa shape index (κ3) is 4.15. The molecule has 0 atom stereocenters. The molecular formula is C19H20F2N2O4S. The molecule has 1 amide bonds. The average molecular weight is 410 g/mol. The quantitative estimate of drug-likeness (QED) is 0.822. The van der Waals surface area contributed by atoms with Gasteiger partial charge in [0.25, 0.3) is 0 Å². The first-order chi connectivity index (χ1) is 13.3. The van der Waals surface area contributed by atoms with Crippen LogP contribution in [0.25, 0.3) is 0 Å².